The van der Waals surface area contributed by atoms with Crippen molar-refractivity contribution in [1.29, 1.82) is 0 Å². The van der Waals surface area contributed by atoms with Crippen molar-refractivity contribution in [2.75, 3.05) is 0 Å². The van der Waals surface area contributed by atoms with Crippen molar-refractivity contribution in [3.8, 4) is 0 Å². The van der Waals surface area contributed by atoms with Crippen LogP contribution in [0.15, 0.2) is 11.4 Å². The highest BCUT2D eigenvalue weighted by atomic mass is 32.1. The van der Waals surface area contributed by atoms with Crippen molar-refractivity contribution in [1.82, 2.24) is 0 Å². The number of alkyl halides is 3. The first kappa shape index (κ1) is 7.60. The quantitative estimate of drug-likeness (QED) is 0.554. The fourth-order valence-electron chi connectivity index (χ4n) is 0.529. The Morgan fingerprint density at radius 3 is 2.20 bits per heavy atom. The lowest BCUT2D eigenvalue weighted by atomic mass is 10.3. The minimum absolute atomic E-state index is 0.437. The van der Waals surface area contributed by atoms with Gasteiger partial charge in [0.25, 0.3) is 0 Å². The summed E-state index contributed by atoms with van der Waals surface area (Å²) < 4.78 is 35.3. The minimum Gasteiger partial charge on any atom is -0.166 e. The van der Waals surface area contributed by atoms with Crippen LogP contribution in [-0.4, -0.2) is 0 Å². The van der Waals surface area contributed by atoms with E-state index in [2.05, 4.69) is 6.92 Å². The molecule has 4 heteroatoms. The first-order chi connectivity index (χ1) is 4.50. The molecule has 1 radical (unpaired) electrons. The molecule has 0 bridgehead atoms. The Hall–Kier alpha value is -0.510. The van der Waals surface area contributed by atoms with E-state index in [1.165, 1.54) is 0 Å². The lowest BCUT2D eigenvalue weighted by Crippen LogP contribution is -2.01. The molecule has 1 aromatic heterocycles. The molecule has 0 aliphatic carbocycles. The van der Waals surface area contributed by atoms with E-state index < -0.39 is 11.7 Å². The maximum Gasteiger partial charge on any atom is 0.417 e. The van der Waals surface area contributed by atoms with E-state index >= 15 is 0 Å². The second-order valence-corrected chi connectivity index (χ2v) is 2.80. The Labute approximate surface area is 60.3 Å². The summed E-state index contributed by atoms with van der Waals surface area (Å²) in [4.78, 5) is 0.437. The van der Waals surface area contributed by atoms with Gasteiger partial charge in [0.1, 0.15) is 0 Å². The van der Waals surface area contributed by atoms with Gasteiger partial charge < -0.3 is 0 Å². The molecule has 0 fully saturated rings. The van der Waals surface area contributed by atoms with Crippen LogP contribution < -0.4 is 0 Å². The zero-order valence-corrected chi connectivity index (χ0v) is 5.72. The SMILES string of the molecule is [CH2]c1cc(C(F)(F)F)cs1. The molecule has 0 aromatic carbocycles. The fraction of sp³-hybridized carbons (Fsp3) is 0.167. The largest absolute Gasteiger partial charge is 0.417 e. The lowest BCUT2D eigenvalue weighted by molar-refractivity contribution is -0.137. The van der Waals surface area contributed by atoms with Gasteiger partial charge in [-0.05, 0) is 13.0 Å². The van der Waals surface area contributed by atoms with Crippen molar-refractivity contribution in [2.45, 2.75) is 6.18 Å². The van der Waals surface area contributed by atoms with Gasteiger partial charge >= 0.3 is 6.18 Å². The Bertz CT molecular complexity index is 223. The first-order valence-corrected chi connectivity index (χ1v) is 3.36. The highest BCUT2D eigenvalue weighted by molar-refractivity contribution is 7.10. The monoisotopic (exact) mass is 165 g/mol. The third kappa shape index (κ3) is 1.50. The maximum absolute atomic E-state index is 11.8. The number of halogens is 3. The van der Waals surface area contributed by atoms with Crippen LogP contribution >= 0.6 is 11.3 Å². The summed E-state index contributed by atoms with van der Waals surface area (Å²) in [5, 5.41) is 1.06. The number of rotatable bonds is 0. The van der Waals surface area contributed by atoms with Crippen molar-refractivity contribution in [3.63, 3.8) is 0 Å². The van der Waals surface area contributed by atoms with Crippen LogP contribution in [0.1, 0.15) is 10.4 Å². The average molecular weight is 165 g/mol. The van der Waals surface area contributed by atoms with E-state index in [1.54, 1.807) is 0 Å². The molecule has 0 spiro atoms. The molecule has 0 atom stereocenters. The van der Waals surface area contributed by atoms with E-state index in [1.807, 2.05) is 0 Å². The summed E-state index contributed by atoms with van der Waals surface area (Å²) >= 11 is 1.00. The smallest absolute Gasteiger partial charge is 0.166 e. The molecule has 0 aliphatic rings. The maximum atomic E-state index is 11.8. The summed E-state index contributed by atoms with van der Waals surface area (Å²) in [5.74, 6) is 0. The molecule has 10 heavy (non-hydrogen) atoms. The molecule has 55 valence electrons. The van der Waals surface area contributed by atoms with Gasteiger partial charge in [0.05, 0.1) is 5.56 Å². The molecule has 0 nitrogen and oxygen atoms in total. The molecule has 1 heterocycles. The molecule has 0 aliphatic heterocycles. The highest BCUT2D eigenvalue weighted by Gasteiger charge is 2.30. The lowest BCUT2D eigenvalue weighted by Gasteiger charge is -2.00. The number of thiophene rings is 1. The van der Waals surface area contributed by atoms with E-state index in [0.717, 1.165) is 22.8 Å². The molecular formula is C6H4F3S. The standard InChI is InChI=1S/C6H4F3S/c1-4-2-5(3-10-4)6(7,8)9/h2-3H,1H2. The molecule has 0 saturated carbocycles. The minimum atomic E-state index is -4.22. The molecular weight excluding hydrogens is 161 g/mol. The summed E-state index contributed by atoms with van der Waals surface area (Å²) in [6, 6.07) is 1.03. The van der Waals surface area contributed by atoms with Gasteiger partial charge in [-0.15, -0.1) is 11.3 Å². The van der Waals surface area contributed by atoms with Crippen LogP contribution in [0.4, 0.5) is 13.2 Å². The summed E-state index contributed by atoms with van der Waals surface area (Å²) in [7, 11) is 0. The zero-order valence-electron chi connectivity index (χ0n) is 4.90. The van der Waals surface area contributed by atoms with Gasteiger partial charge in [0, 0.05) is 10.3 Å². The van der Waals surface area contributed by atoms with E-state index in [9.17, 15) is 13.2 Å². The van der Waals surface area contributed by atoms with Crippen LogP contribution in [0.2, 0.25) is 0 Å². The van der Waals surface area contributed by atoms with Crippen LogP contribution in [0, 0.1) is 6.92 Å². The second-order valence-electron chi connectivity index (χ2n) is 1.80. The van der Waals surface area contributed by atoms with Crippen LogP contribution in [0.3, 0.4) is 0 Å². The van der Waals surface area contributed by atoms with Crippen molar-refractivity contribution < 1.29 is 13.2 Å². The van der Waals surface area contributed by atoms with Gasteiger partial charge in [-0.2, -0.15) is 13.2 Å². The third-order valence-corrected chi connectivity index (χ3v) is 1.77. The average Bonchev–Trinajstić information content (AvgIpc) is 2.11. The van der Waals surface area contributed by atoms with Crippen LogP contribution in [-0.2, 0) is 6.18 Å². The Morgan fingerprint density at radius 2 is 2.00 bits per heavy atom. The van der Waals surface area contributed by atoms with Gasteiger partial charge in [0.15, 0.2) is 0 Å². The van der Waals surface area contributed by atoms with Gasteiger partial charge in [0.2, 0.25) is 0 Å². The van der Waals surface area contributed by atoms with Crippen LogP contribution in [0.25, 0.3) is 0 Å². The second kappa shape index (κ2) is 2.27. The summed E-state index contributed by atoms with van der Waals surface area (Å²) in [5.41, 5.74) is -0.609. The molecule has 0 N–H and O–H groups in total. The Kier molecular flexibility index (Phi) is 1.72. The van der Waals surface area contributed by atoms with Crippen molar-refractivity contribution in [2.24, 2.45) is 0 Å². The van der Waals surface area contributed by atoms with E-state index in [4.69, 9.17) is 0 Å². The predicted molar refractivity (Wildman–Crippen MR) is 33.8 cm³/mol. The molecule has 0 unspecified atom stereocenters. The van der Waals surface area contributed by atoms with E-state index in [-0.39, 0.29) is 0 Å². The normalized spacial score (nSPS) is 12.0. The number of hydrogen-bond acceptors (Lipinski definition) is 1. The van der Waals surface area contributed by atoms with Crippen molar-refractivity contribution in [3.05, 3.63) is 28.8 Å². The van der Waals surface area contributed by atoms with Gasteiger partial charge in [-0.3, -0.25) is 0 Å². The fourth-order valence-corrected chi connectivity index (χ4v) is 1.20. The Balaban J connectivity index is 2.96. The molecule has 1 aromatic rings. The van der Waals surface area contributed by atoms with Crippen molar-refractivity contribution >= 4 is 11.3 Å². The van der Waals surface area contributed by atoms with Gasteiger partial charge in [-0.25, -0.2) is 0 Å². The molecule has 0 amide bonds. The van der Waals surface area contributed by atoms with Gasteiger partial charge in [-0.1, -0.05) is 0 Å². The highest BCUT2D eigenvalue weighted by Crippen LogP contribution is 2.31. The summed E-state index contributed by atoms with van der Waals surface area (Å²) in [6.07, 6.45) is -4.22. The van der Waals surface area contributed by atoms with Crippen LogP contribution in [0.5, 0.6) is 0 Å². The first-order valence-electron chi connectivity index (χ1n) is 2.48. The topological polar surface area (TPSA) is 0 Å². The number of hydrogen-bond donors (Lipinski definition) is 0. The predicted octanol–water partition coefficient (Wildman–Crippen LogP) is 2.95. The third-order valence-electron chi connectivity index (χ3n) is 0.981. The Morgan fingerprint density at radius 1 is 1.40 bits per heavy atom. The van der Waals surface area contributed by atoms with E-state index in [0.29, 0.717) is 4.88 Å². The molecule has 0 saturated heterocycles. The zero-order chi connectivity index (χ0) is 7.78. The summed E-state index contributed by atoms with van der Waals surface area (Å²) in [6.45, 7) is 3.37. The molecule has 1 rings (SSSR count).